The Balaban J connectivity index is 1.63. The lowest BCUT2D eigenvalue weighted by atomic mass is 10.1. The lowest BCUT2D eigenvalue weighted by Gasteiger charge is -2.09. The number of amides is 1. The largest absolute Gasteiger partial charge is 0.464 e. The highest BCUT2D eigenvalue weighted by Crippen LogP contribution is 2.29. The van der Waals surface area contributed by atoms with Crippen LogP contribution in [0.25, 0.3) is 17.0 Å². The third-order valence-electron chi connectivity index (χ3n) is 4.15. The van der Waals surface area contributed by atoms with Gasteiger partial charge in [-0.15, -0.1) is 0 Å². The average molecular weight is 386 g/mol. The molecule has 6 nitrogen and oxygen atoms in total. The highest BCUT2D eigenvalue weighted by molar-refractivity contribution is 6.06. The van der Waals surface area contributed by atoms with E-state index in [9.17, 15) is 18.0 Å². The molecule has 3 aromatic heterocycles. The Hall–Kier alpha value is -3.62. The summed E-state index contributed by atoms with van der Waals surface area (Å²) in [4.78, 5) is 20.1. The molecule has 4 rings (SSSR count). The van der Waals surface area contributed by atoms with Crippen LogP contribution in [0.2, 0.25) is 0 Å². The predicted molar refractivity (Wildman–Crippen MR) is 94.8 cm³/mol. The van der Waals surface area contributed by atoms with Crippen molar-refractivity contribution in [2.75, 3.05) is 5.32 Å². The lowest BCUT2D eigenvalue weighted by Crippen LogP contribution is -2.15. The number of nitrogens with one attached hydrogen (secondary N) is 1. The zero-order valence-electron chi connectivity index (χ0n) is 14.5. The number of aryl methyl sites for hydroxylation is 1. The van der Waals surface area contributed by atoms with Crippen LogP contribution in [0, 0.1) is 6.92 Å². The van der Waals surface area contributed by atoms with Gasteiger partial charge in [0.1, 0.15) is 17.8 Å². The van der Waals surface area contributed by atoms with Crippen molar-refractivity contribution < 1.29 is 22.4 Å². The van der Waals surface area contributed by atoms with E-state index in [2.05, 4.69) is 15.3 Å². The second kappa shape index (κ2) is 6.52. The first-order valence-electron chi connectivity index (χ1n) is 8.20. The summed E-state index contributed by atoms with van der Waals surface area (Å²) in [6, 6.07) is 11.3. The van der Waals surface area contributed by atoms with E-state index >= 15 is 0 Å². The fourth-order valence-electron chi connectivity index (χ4n) is 2.78. The van der Waals surface area contributed by atoms with Crippen LogP contribution in [0.15, 0.2) is 59.5 Å². The van der Waals surface area contributed by atoms with Gasteiger partial charge in [-0.25, -0.2) is 9.97 Å². The molecule has 0 saturated carbocycles. The Kier molecular flexibility index (Phi) is 4.14. The topological polar surface area (TPSA) is 72.4 Å². The molecule has 142 valence electrons. The maximum Gasteiger partial charge on any atom is 0.433 e. The maximum atomic E-state index is 13.0. The Labute approximate surface area is 156 Å². The zero-order valence-corrected chi connectivity index (χ0v) is 14.5. The third kappa shape index (κ3) is 3.22. The second-order valence-corrected chi connectivity index (χ2v) is 6.08. The maximum absolute atomic E-state index is 13.0. The number of hydrogen-bond donors (Lipinski definition) is 1. The number of nitrogens with zero attached hydrogens (tertiary/aromatic N) is 3. The molecule has 1 aromatic carbocycles. The van der Waals surface area contributed by atoms with Crippen molar-refractivity contribution in [1.82, 2.24) is 14.4 Å². The van der Waals surface area contributed by atoms with Crippen LogP contribution in [0.1, 0.15) is 21.9 Å². The molecule has 1 amide bonds. The van der Waals surface area contributed by atoms with Gasteiger partial charge in [0.2, 0.25) is 0 Å². The van der Waals surface area contributed by atoms with Gasteiger partial charge in [0.25, 0.3) is 5.91 Å². The van der Waals surface area contributed by atoms with E-state index < -0.39 is 17.8 Å². The minimum Gasteiger partial charge on any atom is -0.464 e. The first-order valence-corrected chi connectivity index (χ1v) is 8.20. The summed E-state index contributed by atoms with van der Waals surface area (Å²) in [5.74, 6) is 0.0248. The molecule has 0 radical (unpaired) electrons. The van der Waals surface area contributed by atoms with E-state index in [0.717, 1.165) is 11.6 Å². The SMILES string of the molecule is Cc1cc(C(F)(F)F)nc2c(C(=O)Nc3ccc(-c4ccco4)cc3)ncn12. The van der Waals surface area contributed by atoms with Gasteiger partial charge in [-0.1, -0.05) is 0 Å². The van der Waals surface area contributed by atoms with Gasteiger partial charge in [-0.05, 0) is 49.4 Å². The van der Waals surface area contributed by atoms with Crippen molar-refractivity contribution in [2.24, 2.45) is 0 Å². The lowest BCUT2D eigenvalue weighted by molar-refractivity contribution is -0.141. The molecule has 0 bridgehead atoms. The predicted octanol–water partition coefficient (Wildman–Crippen LogP) is 4.57. The molecule has 0 saturated heterocycles. The van der Waals surface area contributed by atoms with Crippen molar-refractivity contribution in [2.45, 2.75) is 13.1 Å². The third-order valence-corrected chi connectivity index (χ3v) is 4.15. The van der Waals surface area contributed by atoms with Crippen molar-refractivity contribution in [1.29, 1.82) is 0 Å². The average Bonchev–Trinajstić information content (AvgIpc) is 3.31. The van der Waals surface area contributed by atoms with E-state index in [1.165, 1.54) is 17.7 Å². The quantitative estimate of drug-likeness (QED) is 0.560. The Morgan fingerprint density at radius 1 is 1.18 bits per heavy atom. The Morgan fingerprint density at radius 3 is 2.57 bits per heavy atom. The number of benzene rings is 1. The van der Waals surface area contributed by atoms with Gasteiger partial charge < -0.3 is 9.73 Å². The number of rotatable bonds is 3. The highest BCUT2D eigenvalue weighted by atomic mass is 19.4. The number of alkyl halides is 3. The van der Waals surface area contributed by atoms with Crippen molar-refractivity contribution >= 4 is 17.2 Å². The van der Waals surface area contributed by atoms with Gasteiger partial charge in [-0.2, -0.15) is 13.2 Å². The van der Waals surface area contributed by atoms with E-state index in [0.29, 0.717) is 11.4 Å². The minimum atomic E-state index is -4.62. The Bertz CT molecular complexity index is 1150. The minimum absolute atomic E-state index is 0.156. The monoisotopic (exact) mass is 386 g/mol. The standard InChI is InChI=1S/C19H13F3N4O2/c1-11-9-15(19(20,21)22)25-17-16(23-10-26(11)17)18(27)24-13-6-4-12(5-7-13)14-3-2-8-28-14/h2-10H,1H3,(H,24,27). The van der Waals surface area contributed by atoms with E-state index in [-0.39, 0.29) is 17.0 Å². The molecule has 0 aliphatic heterocycles. The van der Waals surface area contributed by atoms with Crippen LogP contribution in [-0.4, -0.2) is 20.3 Å². The number of hydrogen-bond acceptors (Lipinski definition) is 4. The number of halogens is 3. The molecule has 3 heterocycles. The molecular weight excluding hydrogens is 373 g/mol. The molecule has 4 aromatic rings. The molecular formula is C19H13F3N4O2. The summed E-state index contributed by atoms with van der Waals surface area (Å²) < 4.78 is 45.7. The van der Waals surface area contributed by atoms with Gasteiger partial charge in [-0.3, -0.25) is 9.20 Å². The molecule has 0 fully saturated rings. The van der Waals surface area contributed by atoms with Crippen molar-refractivity contribution in [3.05, 3.63) is 72.1 Å². The summed E-state index contributed by atoms with van der Waals surface area (Å²) in [5.41, 5.74) is 0.135. The van der Waals surface area contributed by atoms with Gasteiger partial charge in [0.15, 0.2) is 11.3 Å². The first-order chi connectivity index (χ1) is 13.3. The fourth-order valence-corrected chi connectivity index (χ4v) is 2.78. The van der Waals surface area contributed by atoms with Gasteiger partial charge in [0.05, 0.1) is 6.26 Å². The molecule has 0 aliphatic rings. The summed E-state index contributed by atoms with van der Waals surface area (Å²) in [6.07, 6.45) is -1.79. The van der Waals surface area contributed by atoms with Crippen LogP contribution in [0.5, 0.6) is 0 Å². The van der Waals surface area contributed by atoms with Crippen LogP contribution < -0.4 is 5.32 Å². The number of carbonyl (C=O) groups is 1. The number of anilines is 1. The molecule has 0 unspecified atom stereocenters. The smallest absolute Gasteiger partial charge is 0.433 e. The zero-order chi connectivity index (χ0) is 19.9. The summed E-state index contributed by atoms with van der Waals surface area (Å²) in [5, 5.41) is 2.62. The van der Waals surface area contributed by atoms with Crippen LogP contribution >= 0.6 is 0 Å². The number of fused-ring (bicyclic) bond motifs is 1. The molecule has 9 heteroatoms. The first kappa shape index (κ1) is 17.8. The molecule has 0 spiro atoms. The molecule has 1 N–H and O–H groups in total. The Morgan fingerprint density at radius 2 is 1.93 bits per heavy atom. The van der Waals surface area contributed by atoms with Crippen LogP contribution in [0.4, 0.5) is 18.9 Å². The molecule has 28 heavy (non-hydrogen) atoms. The van der Waals surface area contributed by atoms with Crippen LogP contribution in [-0.2, 0) is 6.18 Å². The number of carbonyl (C=O) groups excluding carboxylic acids is 1. The van der Waals surface area contributed by atoms with E-state index in [4.69, 9.17) is 4.42 Å². The highest BCUT2D eigenvalue weighted by Gasteiger charge is 2.34. The van der Waals surface area contributed by atoms with Crippen LogP contribution in [0.3, 0.4) is 0 Å². The van der Waals surface area contributed by atoms with Gasteiger partial charge >= 0.3 is 6.18 Å². The van der Waals surface area contributed by atoms with Crippen molar-refractivity contribution in [3.8, 4) is 11.3 Å². The summed E-state index contributed by atoms with van der Waals surface area (Å²) in [6.45, 7) is 1.49. The number of imidazole rings is 1. The van der Waals surface area contributed by atoms with E-state index in [1.54, 1.807) is 42.7 Å². The summed E-state index contributed by atoms with van der Waals surface area (Å²) >= 11 is 0. The second-order valence-electron chi connectivity index (χ2n) is 6.08. The van der Waals surface area contributed by atoms with E-state index in [1.807, 2.05) is 0 Å². The van der Waals surface area contributed by atoms with Gasteiger partial charge in [0, 0.05) is 16.9 Å². The van der Waals surface area contributed by atoms with Crippen molar-refractivity contribution in [3.63, 3.8) is 0 Å². The molecule has 0 atom stereocenters. The summed E-state index contributed by atoms with van der Waals surface area (Å²) in [7, 11) is 0. The number of aromatic nitrogens is 3. The normalized spacial score (nSPS) is 11.7. The fraction of sp³-hybridized carbons (Fsp3) is 0.105. The number of furan rings is 1. The molecule has 0 aliphatic carbocycles.